The zero-order chi connectivity index (χ0) is 14.5. The van der Waals surface area contributed by atoms with Crippen LogP contribution in [0, 0.1) is 0 Å². The molecule has 1 aliphatic heterocycles. The average molecular weight is 273 g/mol. The molecule has 2 rings (SSSR count). The Hall–Kier alpha value is -1.97. The van der Waals surface area contributed by atoms with Gasteiger partial charge in [-0.05, 0) is 12.0 Å². The molecule has 0 saturated heterocycles. The summed E-state index contributed by atoms with van der Waals surface area (Å²) in [5.41, 5.74) is 3.01. The summed E-state index contributed by atoms with van der Waals surface area (Å²) in [7, 11) is 2.06. The zero-order valence-corrected chi connectivity index (χ0v) is 12.1. The van der Waals surface area contributed by atoms with Gasteiger partial charge in [0.05, 0.1) is 0 Å². The lowest BCUT2D eigenvalue weighted by Gasteiger charge is -2.22. The smallest absolute Gasteiger partial charge is 0.164 e. The van der Waals surface area contributed by atoms with Crippen LogP contribution in [0.1, 0.15) is 30.9 Å². The molecule has 0 saturated carbocycles. The van der Waals surface area contributed by atoms with Gasteiger partial charge in [-0.25, -0.2) is 14.4 Å². The molecule has 1 heterocycles. The highest BCUT2D eigenvalue weighted by Gasteiger charge is 2.14. The molecule has 1 aromatic rings. The van der Waals surface area contributed by atoms with Crippen molar-refractivity contribution in [2.75, 3.05) is 20.3 Å². The maximum Gasteiger partial charge on any atom is 0.164 e. The summed E-state index contributed by atoms with van der Waals surface area (Å²) >= 11 is 0. The molecule has 20 heavy (non-hydrogen) atoms. The Labute approximate surface area is 119 Å². The number of alkyl halides is 1. The summed E-state index contributed by atoms with van der Waals surface area (Å²) in [4.78, 5) is 10.2. The molecule has 0 aliphatic carbocycles. The predicted octanol–water partition coefficient (Wildman–Crippen LogP) is 3.52. The molecule has 106 valence electrons. The van der Waals surface area contributed by atoms with E-state index < -0.39 is 6.67 Å². The number of unbranched alkanes of at least 4 members (excludes halogenated alkanes) is 1. The molecule has 0 radical (unpaired) electrons. The number of amidine groups is 2. The van der Waals surface area contributed by atoms with E-state index in [1.807, 2.05) is 24.3 Å². The SMILES string of the molecule is C=C(c1ccc(C2=NC(CF)=N2)cc1)N(C)CCCC. The monoisotopic (exact) mass is 273 g/mol. The summed E-state index contributed by atoms with van der Waals surface area (Å²) in [6.45, 7) is 6.72. The van der Waals surface area contributed by atoms with Crippen LogP contribution in [0.25, 0.3) is 5.70 Å². The topological polar surface area (TPSA) is 28.0 Å². The third-order valence-corrected chi connectivity index (χ3v) is 3.37. The highest BCUT2D eigenvalue weighted by atomic mass is 19.1. The van der Waals surface area contributed by atoms with Gasteiger partial charge in [-0.2, -0.15) is 0 Å². The average Bonchev–Trinajstić information content (AvgIpc) is 2.43. The molecule has 0 atom stereocenters. The van der Waals surface area contributed by atoms with E-state index in [1.165, 1.54) is 6.42 Å². The van der Waals surface area contributed by atoms with Gasteiger partial charge < -0.3 is 4.90 Å². The highest BCUT2D eigenvalue weighted by molar-refractivity contribution is 6.18. The minimum absolute atomic E-state index is 0.271. The Morgan fingerprint density at radius 2 is 1.90 bits per heavy atom. The normalized spacial score (nSPS) is 13.3. The summed E-state index contributed by atoms with van der Waals surface area (Å²) in [5.74, 6) is 0.877. The Morgan fingerprint density at radius 1 is 1.25 bits per heavy atom. The molecular formula is C16H20FN3. The third-order valence-electron chi connectivity index (χ3n) is 3.37. The van der Waals surface area contributed by atoms with E-state index in [2.05, 4.69) is 35.4 Å². The lowest BCUT2D eigenvalue weighted by atomic mass is 10.1. The predicted molar refractivity (Wildman–Crippen MR) is 83.0 cm³/mol. The van der Waals surface area contributed by atoms with E-state index >= 15 is 0 Å². The molecule has 3 nitrogen and oxygen atoms in total. The number of hydrogen-bond acceptors (Lipinski definition) is 3. The Bertz CT molecular complexity index is 543. The van der Waals surface area contributed by atoms with Crippen LogP contribution in [-0.4, -0.2) is 36.8 Å². The second kappa shape index (κ2) is 6.46. The third kappa shape index (κ3) is 3.13. The van der Waals surface area contributed by atoms with Gasteiger partial charge in [-0.15, -0.1) is 0 Å². The first-order chi connectivity index (χ1) is 9.65. The number of aliphatic imine (C=N–C) groups is 2. The number of halogens is 1. The molecule has 4 heteroatoms. The van der Waals surface area contributed by atoms with Gasteiger partial charge in [0, 0.05) is 24.9 Å². The maximum absolute atomic E-state index is 12.2. The fourth-order valence-electron chi connectivity index (χ4n) is 2.00. The molecule has 0 amide bonds. The van der Waals surface area contributed by atoms with Crippen LogP contribution >= 0.6 is 0 Å². The van der Waals surface area contributed by atoms with Crippen molar-refractivity contribution >= 4 is 17.4 Å². The maximum atomic E-state index is 12.2. The van der Waals surface area contributed by atoms with E-state index in [1.54, 1.807) is 0 Å². The van der Waals surface area contributed by atoms with Gasteiger partial charge in [0.25, 0.3) is 0 Å². The van der Waals surface area contributed by atoms with Crippen molar-refractivity contribution in [3.63, 3.8) is 0 Å². The van der Waals surface area contributed by atoms with Gasteiger partial charge in [-0.3, -0.25) is 0 Å². The van der Waals surface area contributed by atoms with E-state index in [9.17, 15) is 4.39 Å². The number of benzene rings is 1. The molecule has 0 fully saturated rings. The van der Waals surface area contributed by atoms with Crippen molar-refractivity contribution in [3.8, 4) is 0 Å². The van der Waals surface area contributed by atoms with Crippen LogP contribution < -0.4 is 0 Å². The molecule has 1 aliphatic rings. The van der Waals surface area contributed by atoms with Crippen LogP contribution in [0.4, 0.5) is 4.39 Å². The van der Waals surface area contributed by atoms with Crippen LogP contribution in [0.15, 0.2) is 40.8 Å². The quantitative estimate of drug-likeness (QED) is 0.747. The number of rotatable bonds is 7. The van der Waals surface area contributed by atoms with Crippen molar-refractivity contribution in [1.82, 2.24) is 4.90 Å². The summed E-state index contributed by atoms with van der Waals surface area (Å²) < 4.78 is 12.2. The molecule has 0 unspecified atom stereocenters. The fourth-order valence-corrected chi connectivity index (χ4v) is 2.00. The lowest BCUT2D eigenvalue weighted by Crippen LogP contribution is -2.18. The number of hydrogen-bond donors (Lipinski definition) is 0. The van der Waals surface area contributed by atoms with E-state index in [0.717, 1.165) is 29.8 Å². The van der Waals surface area contributed by atoms with Gasteiger partial charge in [0.1, 0.15) is 6.67 Å². The van der Waals surface area contributed by atoms with Gasteiger partial charge >= 0.3 is 0 Å². The van der Waals surface area contributed by atoms with E-state index in [-0.39, 0.29) is 5.84 Å². The van der Waals surface area contributed by atoms with Crippen molar-refractivity contribution in [1.29, 1.82) is 0 Å². The largest absolute Gasteiger partial charge is 0.375 e. The van der Waals surface area contributed by atoms with Gasteiger partial charge in [-0.1, -0.05) is 44.2 Å². The summed E-state index contributed by atoms with van der Waals surface area (Å²) in [6.07, 6.45) is 2.33. The van der Waals surface area contributed by atoms with Crippen molar-refractivity contribution in [2.24, 2.45) is 9.98 Å². The summed E-state index contributed by atoms with van der Waals surface area (Å²) in [6, 6.07) is 7.91. The molecule has 0 N–H and O–H groups in total. The van der Waals surface area contributed by atoms with E-state index in [0.29, 0.717) is 5.84 Å². The standard InChI is InChI=1S/C16H20FN3/c1-4-5-10-20(3)12(2)13-6-8-14(9-7-13)16-18-15(11-17)19-16/h6-9H,2,4-5,10-11H2,1,3H3. The second-order valence-corrected chi connectivity index (χ2v) is 4.90. The first kappa shape index (κ1) is 14.4. The summed E-state index contributed by atoms with van der Waals surface area (Å²) in [5, 5.41) is 0. The number of nitrogens with zero attached hydrogens (tertiary/aromatic N) is 3. The Morgan fingerprint density at radius 3 is 2.45 bits per heavy atom. The molecule has 1 aromatic carbocycles. The van der Waals surface area contributed by atoms with Crippen LogP contribution in [0.5, 0.6) is 0 Å². The molecule has 0 bridgehead atoms. The second-order valence-electron chi connectivity index (χ2n) is 4.90. The van der Waals surface area contributed by atoms with Gasteiger partial charge in [0.2, 0.25) is 0 Å². The van der Waals surface area contributed by atoms with Crippen LogP contribution in [0.3, 0.4) is 0 Å². The minimum Gasteiger partial charge on any atom is -0.375 e. The van der Waals surface area contributed by atoms with Crippen molar-refractivity contribution in [3.05, 3.63) is 42.0 Å². The van der Waals surface area contributed by atoms with Crippen LogP contribution in [0.2, 0.25) is 0 Å². The molecular weight excluding hydrogens is 253 g/mol. The zero-order valence-electron chi connectivity index (χ0n) is 12.1. The van der Waals surface area contributed by atoms with Crippen molar-refractivity contribution in [2.45, 2.75) is 19.8 Å². The Kier molecular flexibility index (Phi) is 4.66. The fraction of sp³-hybridized carbons (Fsp3) is 0.375. The molecule has 0 spiro atoms. The van der Waals surface area contributed by atoms with Gasteiger partial charge in [0.15, 0.2) is 11.7 Å². The van der Waals surface area contributed by atoms with E-state index in [4.69, 9.17) is 0 Å². The lowest BCUT2D eigenvalue weighted by molar-refractivity contribution is 0.463. The molecule has 0 aromatic heterocycles. The first-order valence-electron chi connectivity index (χ1n) is 6.88. The Balaban J connectivity index is 2.00. The first-order valence-corrected chi connectivity index (χ1v) is 6.88. The van der Waals surface area contributed by atoms with Crippen LogP contribution in [-0.2, 0) is 0 Å². The minimum atomic E-state index is -0.597. The highest BCUT2D eigenvalue weighted by Crippen LogP contribution is 2.19. The van der Waals surface area contributed by atoms with Crippen molar-refractivity contribution < 1.29 is 4.39 Å².